The first-order valence-corrected chi connectivity index (χ1v) is 21.2. The lowest BCUT2D eigenvalue weighted by atomic mass is 9.91. The summed E-state index contributed by atoms with van der Waals surface area (Å²) in [7, 11) is 0. The zero-order valence-corrected chi connectivity index (χ0v) is 33.6. The maximum Gasteiger partial charge on any atom is 0.235 e. The van der Waals surface area contributed by atoms with Crippen molar-refractivity contribution in [2.75, 3.05) is 0 Å². The van der Waals surface area contributed by atoms with Gasteiger partial charge in [-0.05, 0) is 104 Å². The highest BCUT2D eigenvalue weighted by Crippen LogP contribution is 2.43. The van der Waals surface area contributed by atoms with E-state index in [0.717, 1.165) is 39.2 Å². The predicted molar refractivity (Wildman–Crippen MR) is 260 cm³/mol. The van der Waals surface area contributed by atoms with Crippen molar-refractivity contribution >= 4 is 75.9 Å². The molecule has 0 spiro atoms. The second-order valence-corrected chi connectivity index (χ2v) is 16.2. The van der Waals surface area contributed by atoms with Crippen LogP contribution in [0.5, 0.6) is 0 Å². The van der Waals surface area contributed by atoms with Crippen molar-refractivity contribution in [1.29, 1.82) is 0 Å². The van der Waals surface area contributed by atoms with E-state index in [1.54, 1.807) is 0 Å². The standard InChI is InChI=1S/C58H36N4/c1-4-16-37(17-5-1)52-36-53(38-18-6-2-7-19-38)60-58(59-52)62-55-27-15-13-25-46(55)51-34-48-44-30-28-39(32-47(44)42-22-10-11-23-43(42)49(48)35-57(51)62)40-29-31-56-50(33-40)45-24-12-14-26-54(45)61(56)41-20-8-3-9-21-41/h1-36H. The Morgan fingerprint density at radius 2 is 0.677 bits per heavy atom. The summed E-state index contributed by atoms with van der Waals surface area (Å²) >= 11 is 0. The normalized spacial score (nSPS) is 11.9. The van der Waals surface area contributed by atoms with Crippen molar-refractivity contribution in [1.82, 2.24) is 19.1 Å². The van der Waals surface area contributed by atoms with Crippen LogP contribution in [-0.2, 0) is 0 Å². The van der Waals surface area contributed by atoms with Gasteiger partial charge in [-0.15, -0.1) is 0 Å². The van der Waals surface area contributed by atoms with E-state index in [4.69, 9.17) is 9.97 Å². The molecule has 4 heteroatoms. The van der Waals surface area contributed by atoms with E-state index in [1.165, 1.54) is 76.0 Å². The molecule has 10 aromatic carbocycles. The molecule has 0 aliphatic rings. The van der Waals surface area contributed by atoms with Gasteiger partial charge in [-0.25, -0.2) is 9.97 Å². The lowest BCUT2D eigenvalue weighted by molar-refractivity contribution is 0.996. The molecule has 4 nitrogen and oxygen atoms in total. The van der Waals surface area contributed by atoms with Gasteiger partial charge < -0.3 is 4.57 Å². The molecule has 62 heavy (non-hydrogen) atoms. The summed E-state index contributed by atoms with van der Waals surface area (Å²) in [5.74, 6) is 0.648. The van der Waals surface area contributed by atoms with Gasteiger partial charge in [-0.2, -0.15) is 0 Å². The number of rotatable bonds is 5. The molecule has 0 N–H and O–H groups in total. The van der Waals surface area contributed by atoms with Crippen LogP contribution in [0.4, 0.5) is 0 Å². The van der Waals surface area contributed by atoms with Crippen LogP contribution in [-0.4, -0.2) is 19.1 Å². The van der Waals surface area contributed by atoms with E-state index in [0.29, 0.717) is 5.95 Å². The number of nitrogens with zero attached hydrogens (tertiary/aromatic N) is 4. The summed E-state index contributed by atoms with van der Waals surface area (Å²) in [5.41, 5.74) is 12.0. The third kappa shape index (κ3) is 5.27. The summed E-state index contributed by atoms with van der Waals surface area (Å²) in [6.07, 6.45) is 0. The largest absolute Gasteiger partial charge is 0.309 e. The van der Waals surface area contributed by atoms with Gasteiger partial charge in [0, 0.05) is 38.4 Å². The Morgan fingerprint density at radius 3 is 1.31 bits per heavy atom. The zero-order chi connectivity index (χ0) is 40.7. The first-order chi connectivity index (χ1) is 30.7. The van der Waals surface area contributed by atoms with Gasteiger partial charge in [-0.3, -0.25) is 4.57 Å². The van der Waals surface area contributed by atoms with Crippen LogP contribution in [0.1, 0.15) is 0 Å². The molecular weight excluding hydrogens is 753 g/mol. The van der Waals surface area contributed by atoms with Crippen LogP contribution in [0.15, 0.2) is 218 Å². The van der Waals surface area contributed by atoms with Crippen LogP contribution in [0, 0.1) is 0 Å². The van der Waals surface area contributed by atoms with Gasteiger partial charge in [-0.1, -0.05) is 158 Å². The minimum Gasteiger partial charge on any atom is -0.309 e. The number of hydrogen-bond donors (Lipinski definition) is 0. The van der Waals surface area contributed by atoms with Crippen LogP contribution in [0.3, 0.4) is 0 Å². The van der Waals surface area contributed by atoms with Crippen molar-refractivity contribution in [3.05, 3.63) is 218 Å². The topological polar surface area (TPSA) is 35.6 Å². The fourth-order valence-electron chi connectivity index (χ4n) is 9.87. The van der Waals surface area contributed by atoms with Crippen molar-refractivity contribution in [3.8, 4) is 45.3 Å². The lowest BCUT2D eigenvalue weighted by Crippen LogP contribution is -2.04. The number of benzene rings is 10. The molecule has 0 bridgehead atoms. The van der Waals surface area contributed by atoms with Crippen LogP contribution in [0.25, 0.3) is 121 Å². The van der Waals surface area contributed by atoms with Crippen LogP contribution >= 0.6 is 0 Å². The maximum atomic E-state index is 5.31. The first-order valence-electron chi connectivity index (χ1n) is 21.2. The number of para-hydroxylation sites is 3. The van der Waals surface area contributed by atoms with E-state index < -0.39 is 0 Å². The van der Waals surface area contributed by atoms with Crippen molar-refractivity contribution in [3.63, 3.8) is 0 Å². The van der Waals surface area contributed by atoms with Gasteiger partial charge in [0.25, 0.3) is 0 Å². The van der Waals surface area contributed by atoms with Crippen molar-refractivity contribution in [2.24, 2.45) is 0 Å². The highest BCUT2D eigenvalue weighted by molar-refractivity contribution is 6.29. The minimum absolute atomic E-state index is 0.648. The average Bonchev–Trinajstić information content (AvgIpc) is 3.86. The van der Waals surface area contributed by atoms with Gasteiger partial charge in [0.05, 0.1) is 33.5 Å². The highest BCUT2D eigenvalue weighted by Gasteiger charge is 2.20. The molecule has 3 heterocycles. The molecular formula is C58H36N4. The third-order valence-electron chi connectivity index (χ3n) is 12.7. The average molecular weight is 789 g/mol. The minimum atomic E-state index is 0.648. The fourth-order valence-corrected chi connectivity index (χ4v) is 9.87. The molecule has 0 aliphatic carbocycles. The maximum absolute atomic E-state index is 5.31. The second kappa shape index (κ2) is 13.6. The van der Waals surface area contributed by atoms with Gasteiger partial charge in [0.2, 0.25) is 5.95 Å². The molecule has 13 aromatic rings. The first kappa shape index (κ1) is 34.5. The summed E-state index contributed by atoms with van der Waals surface area (Å²) < 4.78 is 4.64. The Morgan fingerprint density at radius 1 is 0.242 bits per heavy atom. The Balaban J connectivity index is 1.04. The third-order valence-corrected chi connectivity index (χ3v) is 12.7. The Kier molecular flexibility index (Phi) is 7.57. The summed E-state index contributed by atoms with van der Waals surface area (Å²) in [6.45, 7) is 0. The SMILES string of the molecule is c1ccc(-c2cc(-c3ccccc3)nc(-n3c4ccccc4c4cc5c6ccc(-c7ccc8c(c7)c7ccccc7n8-c7ccccc7)cc6c6ccccc6c5cc43)n2)cc1. The number of fused-ring (bicyclic) bond motifs is 12. The summed E-state index contributed by atoms with van der Waals surface area (Å²) in [4.78, 5) is 10.6. The molecule has 0 saturated heterocycles. The zero-order valence-electron chi connectivity index (χ0n) is 33.6. The monoisotopic (exact) mass is 788 g/mol. The van der Waals surface area contributed by atoms with E-state index in [2.05, 4.69) is 215 Å². The summed E-state index contributed by atoms with van der Waals surface area (Å²) in [5, 5.41) is 12.2. The van der Waals surface area contributed by atoms with E-state index >= 15 is 0 Å². The summed E-state index contributed by atoms with van der Waals surface area (Å²) in [6, 6.07) is 78.6. The van der Waals surface area contributed by atoms with Crippen LogP contribution in [0.2, 0.25) is 0 Å². The van der Waals surface area contributed by atoms with Gasteiger partial charge in [0.15, 0.2) is 0 Å². The van der Waals surface area contributed by atoms with Gasteiger partial charge in [0.1, 0.15) is 0 Å². The highest BCUT2D eigenvalue weighted by atomic mass is 15.2. The molecule has 0 aliphatic heterocycles. The van der Waals surface area contributed by atoms with E-state index in [1.807, 2.05) is 12.1 Å². The molecule has 0 unspecified atom stereocenters. The predicted octanol–water partition coefficient (Wildman–Crippen LogP) is 15.1. The number of hydrogen-bond acceptors (Lipinski definition) is 2. The fraction of sp³-hybridized carbons (Fsp3) is 0. The quantitative estimate of drug-likeness (QED) is 0.163. The molecule has 0 atom stereocenters. The smallest absolute Gasteiger partial charge is 0.235 e. The Hall–Kier alpha value is -8.34. The Bertz CT molecular complexity index is 3840. The molecule has 0 fully saturated rings. The van der Waals surface area contributed by atoms with Crippen molar-refractivity contribution in [2.45, 2.75) is 0 Å². The van der Waals surface area contributed by atoms with Crippen molar-refractivity contribution < 1.29 is 0 Å². The van der Waals surface area contributed by atoms with E-state index in [-0.39, 0.29) is 0 Å². The molecule has 0 radical (unpaired) electrons. The molecule has 3 aromatic heterocycles. The van der Waals surface area contributed by atoms with Gasteiger partial charge >= 0.3 is 0 Å². The number of aromatic nitrogens is 4. The molecule has 0 amide bonds. The molecule has 13 rings (SSSR count). The van der Waals surface area contributed by atoms with Crippen LogP contribution < -0.4 is 0 Å². The Labute approximate surface area is 357 Å². The molecule has 0 saturated carbocycles. The molecule has 288 valence electrons. The second-order valence-electron chi connectivity index (χ2n) is 16.2. The van der Waals surface area contributed by atoms with E-state index in [9.17, 15) is 0 Å². The lowest BCUT2D eigenvalue weighted by Gasteiger charge is -2.14.